The molecule has 1 N–H and O–H groups in total. The summed E-state index contributed by atoms with van der Waals surface area (Å²) in [6.07, 6.45) is 0.967. The summed E-state index contributed by atoms with van der Waals surface area (Å²) in [4.78, 5) is 31.7. The molecule has 1 aliphatic heterocycles. The average molecular weight is 452 g/mol. The van der Waals surface area contributed by atoms with Crippen molar-refractivity contribution in [3.05, 3.63) is 33.6 Å². The number of nitrogens with zero attached hydrogens (tertiary/aromatic N) is 2. The molecule has 2 heterocycles. The van der Waals surface area contributed by atoms with Crippen molar-refractivity contribution in [3.63, 3.8) is 0 Å². The van der Waals surface area contributed by atoms with Crippen LogP contribution in [0.1, 0.15) is 24.6 Å². The van der Waals surface area contributed by atoms with E-state index in [0.717, 1.165) is 20.6 Å². The molecule has 0 atom stereocenters. The predicted molar refractivity (Wildman–Crippen MR) is 110 cm³/mol. The van der Waals surface area contributed by atoms with Crippen molar-refractivity contribution in [2.45, 2.75) is 26.7 Å². The Bertz CT molecular complexity index is 814. The zero-order chi connectivity index (χ0) is 19.4. The summed E-state index contributed by atoms with van der Waals surface area (Å²) in [5.41, 5.74) is 1.91. The van der Waals surface area contributed by atoms with Gasteiger partial charge in [-0.2, -0.15) is 0 Å². The van der Waals surface area contributed by atoms with Gasteiger partial charge in [0.2, 0.25) is 5.91 Å². The fraction of sp³-hybridized carbons (Fsp3) is 0.421. The van der Waals surface area contributed by atoms with Gasteiger partial charge in [0.15, 0.2) is 5.13 Å². The number of anilines is 1. The van der Waals surface area contributed by atoms with E-state index in [9.17, 15) is 9.59 Å². The molecule has 2 amide bonds. The van der Waals surface area contributed by atoms with Gasteiger partial charge in [-0.25, -0.2) is 9.78 Å². The Balaban J connectivity index is 1.60. The van der Waals surface area contributed by atoms with E-state index in [1.165, 1.54) is 11.3 Å². The number of carbonyl (C=O) groups excluding carboxylic acids is 2. The van der Waals surface area contributed by atoms with E-state index in [1.807, 2.05) is 31.2 Å². The third-order valence-electron chi connectivity index (χ3n) is 4.54. The first-order valence-electron chi connectivity index (χ1n) is 8.94. The number of benzene rings is 1. The lowest BCUT2D eigenvalue weighted by atomic mass is 9.96. The highest BCUT2D eigenvalue weighted by atomic mass is 79.9. The molecule has 1 aromatic carbocycles. The van der Waals surface area contributed by atoms with Gasteiger partial charge < -0.3 is 15.0 Å². The molecule has 0 radical (unpaired) electrons. The summed E-state index contributed by atoms with van der Waals surface area (Å²) in [7, 11) is 0. The van der Waals surface area contributed by atoms with Gasteiger partial charge in [-0.1, -0.05) is 28.1 Å². The fourth-order valence-electron chi connectivity index (χ4n) is 3.07. The first-order valence-corrected chi connectivity index (χ1v) is 10.5. The Kier molecular flexibility index (Phi) is 6.49. The summed E-state index contributed by atoms with van der Waals surface area (Å²) < 4.78 is 6.03. The van der Waals surface area contributed by atoms with Crippen LogP contribution in [0.5, 0.6) is 0 Å². The first-order chi connectivity index (χ1) is 13.0. The van der Waals surface area contributed by atoms with E-state index in [1.54, 1.807) is 11.8 Å². The number of aryl methyl sites for hydroxylation is 1. The number of likely N-dealkylation sites (tertiary alicyclic amines) is 1. The van der Waals surface area contributed by atoms with Crippen molar-refractivity contribution in [2.24, 2.45) is 5.92 Å². The molecule has 0 saturated carbocycles. The molecule has 1 saturated heterocycles. The van der Waals surface area contributed by atoms with E-state index >= 15 is 0 Å². The third-order valence-corrected chi connectivity index (χ3v) is 5.95. The van der Waals surface area contributed by atoms with Crippen LogP contribution in [0.25, 0.3) is 11.3 Å². The van der Waals surface area contributed by atoms with Crippen LogP contribution >= 0.6 is 27.3 Å². The third kappa shape index (κ3) is 4.87. The Morgan fingerprint density at radius 2 is 1.96 bits per heavy atom. The van der Waals surface area contributed by atoms with Crippen LogP contribution in [-0.4, -0.2) is 41.6 Å². The van der Waals surface area contributed by atoms with E-state index in [4.69, 9.17) is 4.74 Å². The Morgan fingerprint density at radius 3 is 2.59 bits per heavy atom. The van der Waals surface area contributed by atoms with Crippen molar-refractivity contribution < 1.29 is 14.3 Å². The van der Waals surface area contributed by atoms with Crippen LogP contribution in [0.4, 0.5) is 9.93 Å². The number of amides is 2. The lowest BCUT2D eigenvalue weighted by Crippen LogP contribution is -2.41. The highest BCUT2D eigenvalue weighted by Crippen LogP contribution is 2.31. The second-order valence-electron chi connectivity index (χ2n) is 6.38. The molecule has 0 unspecified atom stereocenters. The molecular weight excluding hydrogens is 430 g/mol. The van der Waals surface area contributed by atoms with Gasteiger partial charge in [0.25, 0.3) is 0 Å². The van der Waals surface area contributed by atoms with E-state index in [-0.39, 0.29) is 17.9 Å². The molecule has 144 valence electrons. The van der Waals surface area contributed by atoms with Crippen molar-refractivity contribution >= 4 is 44.4 Å². The fourth-order valence-corrected chi connectivity index (χ4v) is 4.18. The van der Waals surface area contributed by atoms with Gasteiger partial charge in [-0.15, -0.1) is 11.3 Å². The summed E-state index contributed by atoms with van der Waals surface area (Å²) in [6, 6.07) is 7.96. The number of aromatic nitrogens is 1. The van der Waals surface area contributed by atoms with Crippen molar-refractivity contribution in [2.75, 3.05) is 25.0 Å². The predicted octanol–water partition coefficient (Wildman–Crippen LogP) is 4.69. The average Bonchev–Trinajstić information content (AvgIpc) is 3.02. The maximum Gasteiger partial charge on any atom is 0.409 e. The number of nitrogens with one attached hydrogen (secondary N) is 1. The molecule has 0 bridgehead atoms. The standard InChI is InChI=1S/C19H22BrN3O3S/c1-3-26-19(25)23-10-8-14(9-11-23)17(24)22-18-21-16(12(2)27-18)13-4-6-15(20)7-5-13/h4-7,14H,3,8-11H2,1-2H3,(H,21,22,24). The van der Waals surface area contributed by atoms with Gasteiger partial charge in [0.05, 0.1) is 12.3 Å². The smallest absolute Gasteiger partial charge is 0.409 e. The Labute approximate surface area is 171 Å². The Morgan fingerprint density at radius 1 is 1.30 bits per heavy atom. The monoisotopic (exact) mass is 451 g/mol. The lowest BCUT2D eigenvalue weighted by molar-refractivity contribution is -0.121. The number of hydrogen-bond acceptors (Lipinski definition) is 5. The minimum atomic E-state index is -0.300. The number of halogens is 1. The van der Waals surface area contributed by atoms with Crippen molar-refractivity contribution in [1.82, 2.24) is 9.88 Å². The van der Waals surface area contributed by atoms with Gasteiger partial charge >= 0.3 is 6.09 Å². The molecule has 1 aliphatic rings. The number of rotatable bonds is 4. The van der Waals surface area contributed by atoms with E-state index in [2.05, 4.69) is 26.2 Å². The first kappa shape index (κ1) is 19.8. The molecule has 1 fully saturated rings. The van der Waals surface area contributed by atoms with E-state index in [0.29, 0.717) is 37.7 Å². The topological polar surface area (TPSA) is 71.5 Å². The van der Waals surface area contributed by atoms with Crippen LogP contribution < -0.4 is 5.32 Å². The molecule has 6 nitrogen and oxygen atoms in total. The molecule has 3 rings (SSSR count). The number of thiazole rings is 1. The molecule has 27 heavy (non-hydrogen) atoms. The quantitative estimate of drug-likeness (QED) is 0.731. The lowest BCUT2D eigenvalue weighted by Gasteiger charge is -2.30. The minimum absolute atomic E-state index is 0.0328. The Hall–Kier alpha value is -1.93. The summed E-state index contributed by atoms with van der Waals surface area (Å²) >= 11 is 4.91. The van der Waals surface area contributed by atoms with Crippen LogP contribution in [0.15, 0.2) is 28.7 Å². The van der Waals surface area contributed by atoms with Crippen molar-refractivity contribution in [3.8, 4) is 11.3 Å². The number of piperidine rings is 1. The maximum absolute atomic E-state index is 12.6. The highest BCUT2D eigenvalue weighted by Gasteiger charge is 2.28. The molecule has 1 aromatic heterocycles. The SMILES string of the molecule is CCOC(=O)N1CCC(C(=O)Nc2nc(-c3ccc(Br)cc3)c(C)s2)CC1. The maximum atomic E-state index is 12.6. The highest BCUT2D eigenvalue weighted by molar-refractivity contribution is 9.10. The minimum Gasteiger partial charge on any atom is -0.450 e. The van der Waals surface area contributed by atoms with Gasteiger partial charge in [-0.05, 0) is 38.8 Å². The van der Waals surface area contributed by atoms with E-state index < -0.39 is 0 Å². The summed E-state index contributed by atoms with van der Waals surface area (Å²) in [5.74, 6) is -0.148. The zero-order valence-electron chi connectivity index (χ0n) is 15.3. The second-order valence-corrected chi connectivity index (χ2v) is 8.50. The van der Waals surface area contributed by atoms with Gasteiger partial charge in [-0.3, -0.25) is 4.79 Å². The largest absolute Gasteiger partial charge is 0.450 e. The van der Waals surface area contributed by atoms with Gasteiger partial charge in [0, 0.05) is 33.9 Å². The van der Waals surface area contributed by atoms with Crippen LogP contribution in [-0.2, 0) is 9.53 Å². The zero-order valence-corrected chi connectivity index (χ0v) is 17.7. The molecule has 0 aliphatic carbocycles. The van der Waals surface area contributed by atoms with Crippen LogP contribution in [0.2, 0.25) is 0 Å². The summed E-state index contributed by atoms with van der Waals surface area (Å²) in [5, 5.41) is 3.56. The number of ether oxygens (including phenoxy) is 1. The van der Waals surface area contributed by atoms with Gasteiger partial charge in [0.1, 0.15) is 0 Å². The molecule has 2 aromatic rings. The number of hydrogen-bond donors (Lipinski definition) is 1. The molecular formula is C19H22BrN3O3S. The normalized spacial score (nSPS) is 14.9. The molecule has 8 heteroatoms. The van der Waals surface area contributed by atoms with Crippen LogP contribution in [0, 0.1) is 12.8 Å². The van der Waals surface area contributed by atoms with Crippen molar-refractivity contribution in [1.29, 1.82) is 0 Å². The molecule has 0 spiro atoms. The van der Waals surface area contributed by atoms with Crippen LogP contribution in [0.3, 0.4) is 0 Å². The number of carbonyl (C=O) groups is 2. The second kappa shape index (κ2) is 8.84. The summed E-state index contributed by atoms with van der Waals surface area (Å²) in [6.45, 7) is 5.23.